The van der Waals surface area contributed by atoms with Crippen LogP contribution in [0.3, 0.4) is 0 Å². The van der Waals surface area contributed by atoms with Gasteiger partial charge in [0.15, 0.2) is 0 Å². The molecule has 0 aliphatic rings. The summed E-state index contributed by atoms with van der Waals surface area (Å²) in [6.07, 6.45) is 4.63. The number of carbonyl (C=O) groups is 1. The Morgan fingerprint density at radius 3 is 2.60 bits per heavy atom. The van der Waals surface area contributed by atoms with Crippen molar-refractivity contribution in [3.8, 4) is 11.6 Å². The van der Waals surface area contributed by atoms with Crippen LogP contribution in [0.4, 0.5) is 0 Å². The molecule has 7 heteroatoms. The molecule has 3 aromatic rings. The van der Waals surface area contributed by atoms with Crippen molar-refractivity contribution in [1.82, 2.24) is 20.2 Å². The summed E-state index contributed by atoms with van der Waals surface area (Å²) in [7, 11) is 1.57. The van der Waals surface area contributed by atoms with E-state index >= 15 is 0 Å². The summed E-state index contributed by atoms with van der Waals surface area (Å²) >= 11 is 0. The molecule has 25 heavy (non-hydrogen) atoms. The summed E-state index contributed by atoms with van der Waals surface area (Å²) in [4.78, 5) is 15.9. The molecule has 0 unspecified atom stereocenters. The van der Waals surface area contributed by atoms with Gasteiger partial charge in [0.1, 0.15) is 0 Å². The minimum atomic E-state index is -0.314. The van der Waals surface area contributed by atoms with Crippen molar-refractivity contribution >= 4 is 12.1 Å². The van der Waals surface area contributed by atoms with Crippen LogP contribution in [0.15, 0.2) is 60.0 Å². The van der Waals surface area contributed by atoms with E-state index < -0.39 is 0 Å². The van der Waals surface area contributed by atoms with Crippen molar-refractivity contribution in [3.05, 3.63) is 71.7 Å². The Hall–Kier alpha value is -3.48. The van der Waals surface area contributed by atoms with Crippen LogP contribution in [0, 0.1) is 6.92 Å². The molecule has 0 saturated carbocycles. The van der Waals surface area contributed by atoms with E-state index in [1.165, 1.54) is 6.21 Å². The van der Waals surface area contributed by atoms with E-state index in [0.29, 0.717) is 17.0 Å². The van der Waals surface area contributed by atoms with E-state index in [1.54, 1.807) is 36.3 Å². The highest BCUT2D eigenvalue weighted by Gasteiger charge is 2.15. The molecular formula is C18H17N5O2. The van der Waals surface area contributed by atoms with Crippen molar-refractivity contribution in [2.75, 3.05) is 7.11 Å². The van der Waals surface area contributed by atoms with Gasteiger partial charge in [-0.2, -0.15) is 10.2 Å². The number of benzene rings is 1. The fraction of sp³-hybridized carbons (Fsp3) is 0.111. The number of hydrazone groups is 1. The van der Waals surface area contributed by atoms with Gasteiger partial charge in [0.05, 0.1) is 30.3 Å². The molecule has 2 aromatic heterocycles. The molecule has 1 amide bonds. The molecule has 0 saturated heterocycles. The standard InChI is InChI=1S/C18H17N5O2/c1-13-16(12-20-21-17(24)14-8-10-19-11-9-14)18(25-2)23(22-13)15-6-4-3-5-7-15/h3-12H,1-2H3,(H,21,24). The zero-order chi connectivity index (χ0) is 17.6. The van der Waals surface area contributed by atoms with Gasteiger partial charge >= 0.3 is 0 Å². The molecule has 126 valence electrons. The number of aromatic nitrogens is 3. The Kier molecular flexibility index (Phi) is 4.84. The molecule has 0 fully saturated rings. The number of nitrogens with zero attached hydrogens (tertiary/aromatic N) is 4. The summed E-state index contributed by atoms with van der Waals surface area (Å²) in [6, 6.07) is 12.9. The summed E-state index contributed by atoms with van der Waals surface area (Å²) in [5.74, 6) is 0.233. The smallest absolute Gasteiger partial charge is 0.271 e. The van der Waals surface area contributed by atoms with E-state index in [0.717, 1.165) is 11.4 Å². The fourth-order valence-electron chi connectivity index (χ4n) is 2.33. The normalized spacial score (nSPS) is 10.8. The average Bonchev–Trinajstić information content (AvgIpc) is 2.99. The third kappa shape index (κ3) is 3.55. The van der Waals surface area contributed by atoms with Crippen molar-refractivity contribution in [2.45, 2.75) is 6.92 Å². The van der Waals surface area contributed by atoms with Crippen molar-refractivity contribution in [1.29, 1.82) is 0 Å². The maximum Gasteiger partial charge on any atom is 0.271 e. The second-order valence-electron chi connectivity index (χ2n) is 5.19. The third-order valence-electron chi connectivity index (χ3n) is 3.56. The highest BCUT2D eigenvalue weighted by atomic mass is 16.5. The molecule has 0 radical (unpaired) electrons. The number of ether oxygens (including phenoxy) is 1. The first-order valence-electron chi connectivity index (χ1n) is 7.63. The van der Waals surface area contributed by atoms with E-state index in [9.17, 15) is 4.79 Å². The summed E-state index contributed by atoms with van der Waals surface area (Å²) in [6.45, 7) is 1.86. The lowest BCUT2D eigenvalue weighted by Gasteiger charge is -2.06. The van der Waals surface area contributed by atoms with Crippen molar-refractivity contribution in [3.63, 3.8) is 0 Å². The van der Waals surface area contributed by atoms with E-state index in [2.05, 4.69) is 20.6 Å². The number of methoxy groups -OCH3 is 1. The second-order valence-corrected chi connectivity index (χ2v) is 5.19. The third-order valence-corrected chi connectivity index (χ3v) is 3.56. The number of nitrogens with one attached hydrogen (secondary N) is 1. The van der Waals surface area contributed by atoms with Crippen LogP contribution in [0.25, 0.3) is 5.69 Å². The predicted octanol–water partition coefficient (Wildman–Crippen LogP) is 2.35. The van der Waals surface area contributed by atoms with Gasteiger partial charge in [-0.15, -0.1) is 0 Å². The molecule has 0 spiro atoms. The molecule has 1 N–H and O–H groups in total. The van der Waals surface area contributed by atoms with Crippen LogP contribution < -0.4 is 10.2 Å². The Morgan fingerprint density at radius 2 is 1.92 bits per heavy atom. The summed E-state index contributed by atoms with van der Waals surface area (Å²) < 4.78 is 7.18. The zero-order valence-electron chi connectivity index (χ0n) is 13.9. The van der Waals surface area contributed by atoms with Gasteiger partial charge in [-0.3, -0.25) is 9.78 Å². The van der Waals surface area contributed by atoms with Gasteiger partial charge in [-0.1, -0.05) is 18.2 Å². The largest absolute Gasteiger partial charge is 0.480 e. The lowest BCUT2D eigenvalue weighted by Crippen LogP contribution is -2.17. The Morgan fingerprint density at radius 1 is 1.20 bits per heavy atom. The SMILES string of the molecule is COc1c(C=NNC(=O)c2ccncc2)c(C)nn1-c1ccccc1. The maximum absolute atomic E-state index is 12.0. The van der Waals surface area contributed by atoms with E-state index in [1.807, 2.05) is 37.3 Å². The molecule has 3 rings (SSSR count). The lowest BCUT2D eigenvalue weighted by atomic mass is 10.2. The van der Waals surface area contributed by atoms with Gasteiger partial charge in [-0.25, -0.2) is 10.1 Å². The van der Waals surface area contributed by atoms with Crippen LogP contribution in [0.5, 0.6) is 5.88 Å². The molecule has 0 aliphatic carbocycles. The number of rotatable bonds is 5. The van der Waals surface area contributed by atoms with Crippen molar-refractivity contribution in [2.24, 2.45) is 5.10 Å². The Labute approximate surface area is 145 Å². The van der Waals surface area contributed by atoms with E-state index in [4.69, 9.17) is 4.74 Å². The molecule has 7 nitrogen and oxygen atoms in total. The monoisotopic (exact) mass is 335 g/mol. The first-order chi connectivity index (χ1) is 12.2. The van der Waals surface area contributed by atoms with Crippen LogP contribution in [0.1, 0.15) is 21.6 Å². The number of hydrogen-bond donors (Lipinski definition) is 1. The first kappa shape index (κ1) is 16.4. The summed E-state index contributed by atoms with van der Waals surface area (Å²) in [5, 5.41) is 8.50. The molecule has 0 atom stereocenters. The van der Waals surface area contributed by atoms with Gasteiger partial charge in [0.25, 0.3) is 5.91 Å². The number of carbonyl (C=O) groups excluding carboxylic acids is 1. The number of pyridine rings is 1. The minimum Gasteiger partial charge on any atom is -0.480 e. The minimum absolute atomic E-state index is 0.314. The molecular weight excluding hydrogens is 318 g/mol. The number of aryl methyl sites for hydroxylation is 1. The highest BCUT2D eigenvalue weighted by molar-refractivity contribution is 5.95. The van der Waals surface area contributed by atoms with Crippen LogP contribution in [-0.2, 0) is 0 Å². The van der Waals surface area contributed by atoms with E-state index in [-0.39, 0.29) is 5.91 Å². The van der Waals surface area contributed by atoms with Crippen LogP contribution in [-0.4, -0.2) is 34.0 Å². The first-order valence-corrected chi connectivity index (χ1v) is 7.63. The summed E-state index contributed by atoms with van der Waals surface area (Å²) in [5.41, 5.74) is 5.28. The molecule has 1 aromatic carbocycles. The van der Waals surface area contributed by atoms with Crippen molar-refractivity contribution < 1.29 is 9.53 Å². The molecule has 2 heterocycles. The van der Waals surface area contributed by atoms with Gasteiger partial charge in [0, 0.05) is 18.0 Å². The maximum atomic E-state index is 12.0. The molecule has 0 aliphatic heterocycles. The molecule has 0 bridgehead atoms. The fourth-order valence-corrected chi connectivity index (χ4v) is 2.33. The quantitative estimate of drug-likeness (QED) is 0.573. The second kappa shape index (κ2) is 7.39. The average molecular weight is 335 g/mol. The van der Waals surface area contributed by atoms with Gasteiger partial charge < -0.3 is 4.74 Å². The number of hydrogen-bond acceptors (Lipinski definition) is 5. The highest BCUT2D eigenvalue weighted by Crippen LogP contribution is 2.24. The number of amides is 1. The Balaban J connectivity index is 1.83. The van der Waals surface area contributed by atoms with Gasteiger partial charge in [-0.05, 0) is 31.2 Å². The zero-order valence-corrected chi connectivity index (χ0v) is 13.9. The van der Waals surface area contributed by atoms with Crippen LogP contribution in [0.2, 0.25) is 0 Å². The topological polar surface area (TPSA) is 81.4 Å². The predicted molar refractivity (Wildman–Crippen MR) is 94.2 cm³/mol. The number of para-hydroxylation sites is 1. The van der Waals surface area contributed by atoms with Crippen LogP contribution >= 0.6 is 0 Å². The Bertz CT molecular complexity index is 889. The lowest BCUT2D eigenvalue weighted by molar-refractivity contribution is 0.0955. The van der Waals surface area contributed by atoms with Gasteiger partial charge in [0.2, 0.25) is 5.88 Å².